The van der Waals surface area contributed by atoms with Gasteiger partial charge in [0, 0.05) is 64.1 Å². The first kappa shape index (κ1) is 86.2. The number of halogens is 1. The zero-order valence-corrected chi connectivity index (χ0v) is 63.5. The molecule has 1 aromatic heterocycles. The summed E-state index contributed by atoms with van der Waals surface area (Å²) >= 11 is 6.15. The van der Waals surface area contributed by atoms with E-state index in [-0.39, 0.29) is 118 Å². The number of anilines is 2. The standard InChI is InChI=1S/C74H111ClN14O15/c1-15-47(8)65(88(12)73(98)63(45(4)5)86-72(97)64(46(6)7)87(10)11)58(100-13)39-61(92)89-32-20-24-57(89)66(101-14)48(9)68(93)84-56(37-49-21-17-16-18-22-49)69(94)78-40-50-25-27-51(28-26-50)82-70(95)55(23-19-31-77-74(76)99)83-71(96)62(44(2)3)85-60(91)42-104-36-34-102-33-35-103-41-59(90)81-52-29-30-54-53(38-52)67(75)80-43-79-54/h16-18,21-22,25-30,38,43-48,55-58,62-66H,15,19-20,23-24,31-37,39-42H2,1-14H3,(H,78,94)(H,81,90)(H,82,95)(H,83,96)(H,84,93)(H,85,91)(H,86,97)(H3,76,77,99)/t47-,48+,55-,56-,57-,58+,62?,63-,64-,65-,66+/m0/s1. The largest absolute Gasteiger partial charge is 0.379 e. The highest BCUT2D eigenvalue weighted by molar-refractivity contribution is 6.34. The van der Waals surface area contributed by atoms with Crippen LogP contribution in [0.3, 0.4) is 0 Å². The maximum atomic E-state index is 14.7. The molecule has 0 saturated carbocycles. The Labute approximate surface area is 616 Å². The Morgan fingerprint density at radius 2 is 1.29 bits per heavy atom. The average molecular weight is 1470 g/mol. The molecule has 574 valence electrons. The molecule has 1 saturated heterocycles. The van der Waals surface area contributed by atoms with Crippen molar-refractivity contribution in [3.8, 4) is 0 Å². The van der Waals surface area contributed by atoms with Gasteiger partial charge in [0.1, 0.15) is 48.9 Å². The minimum absolute atomic E-state index is 0.00950. The van der Waals surface area contributed by atoms with Gasteiger partial charge in [0.05, 0.1) is 74.6 Å². The van der Waals surface area contributed by atoms with Crippen LogP contribution >= 0.6 is 11.6 Å². The lowest BCUT2D eigenvalue weighted by Gasteiger charge is -2.41. The molecule has 1 fully saturated rings. The minimum atomic E-state index is -1.13. The average Bonchev–Trinajstić information content (AvgIpc) is 1.35. The summed E-state index contributed by atoms with van der Waals surface area (Å²) in [5.74, 6) is -5.54. The predicted octanol–water partition coefficient (Wildman–Crippen LogP) is 4.98. The van der Waals surface area contributed by atoms with Crippen molar-refractivity contribution in [2.75, 3.05) is 98.7 Å². The van der Waals surface area contributed by atoms with E-state index >= 15 is 0 Å². The van der Waals surface area contributed by atoms with E-state index in [4.69, 9.17) is 41.0 Å². The topological polar surface area (TPSA) is 375 Å². The molecular weight excluding hydrogens is 1360 g/mol. The van der Waals surface area contributed by atoms with Crippen molar-refractivity contribution in [2.24, 2.45) is 35.3 Å². The molecule has 11 atom stereocenters. The molecule has 2 heterocycles. The molecule has 0 radical (unpaired) electrons. The van der Waals surface area contributed by atoms with Crippen LogP contribution in [-0.2, 0) is 79.8 Å². The van der Waals surface area contributed by atoms with Gasteiger partial charge in [0.2, 0.25) is 53.2 Å². The Hall–Kier alpha value is -8.45. The third-order valence-corrected chi connectivity index (χ3v) is 18.8. The van der Waals surface area contributed by atoms with Gasteiger partial charge in [-0.2, -0.15) is 0 Å². The number of methoxy groups -OCH3 is 2. The molecule has 30 heteroatoms. The Balaban J connectivity index is 1.15. The smallest absolute Gasteiger partial charge is 0.312 e. The molecule has 29 nitrogen and oxygen atoms in total. The fraction of sp³-hybridized carbons (Fsp3) is 0.595. The van der Waals surface area contributed by atoms with E-state index in [1.165, 1.54) is 20.5 Å². The number of benzene rings is 3. The number of fused-ring (bicyclic) bond motifs is 1. The van der Waals surface area contributed by atoms with Crippen LogP contribution in [0.1, 0.15) is 112 Å². The number of amides is 11. The quantitative estimate of drug-likeness (QED) is 0.0208. The Kier molecular flexibility index (Phi) is 36.2. The van der Waals surface area contributed by atoms with E-state index in [9.17, 15) is 47.9 Å². The van der Waals surface area contributed by atoms with Crippen molar-refractivity contribution in [1.29, 1.82) is 0 Å². The maximum absolute atomic E-state index is 14.7. The van der Waals surface area contributed by atoms with Crippen molar-refractivity contribution in [3.05, 3.63) is 95.4 Å². The van der Waals surface area contributed by atoms with Crippen LogP contribution in [0.15, 0.2) is 79.1 Å². The highest BCUT2D eigenvalue weighted by atomic mass is 35.5. The van der Waals surface area contributed by atoms with Crippen molar-refractivity contribution in [1.82, 2.24) is 56.6 Å². The molecule has 3 aromatic carbocycles. The molecule has 10 N–H and O–H groups in total. The van der Waals surface area contributed by atoms with Crippen LogP contribution in [0.25, 0.3) is 10.9 Å². The predicted molar refractivity (Wildman–Crippen MR) is 395 cm³/mol. The number of hydrogen-bond donors (Lipinski definition) is 9. The normalized spacial score (nSPS) is 15.9. The first-order chi connectivity index (χ1) is 49.5. The molecule has 4 aromatic rings. The molecule has 0 bridgehead atoms. The van der Waals surface area contributed by atoms with Gasteiger partial charge in [0.25, 0.3) is 0 Å². The van der Waals surface area contributed by atoms with Gasteiger partial charge in [-0.1, -0.05) is 123 Å². The molecule has 5 rings (SSSR count). The number of urea groups is 1. The van der Waals surface area contributed by atoms with Crippen LogP contribution in [0, 0.1) is 29.6 Å². The Morgan fingerprint density at radius 3 is 1.89 bits per heavy atom. The summed E-state index contributed by atoms with van der Waals surface area (Å²) in [6.45, 7) is 17.2. The van der Waals surface area contributed by atoms with Gasteiger partial charge >= 0.3 is 6.03 Å². The Bertz CT molecular complexity index is 3440. The number of primary amides is 1. The number of likely N-dealkylation sites (N-methyl/N-ethyl adjacent to an activating group) is 2. The SMILES string of the molecule is CC[C@H](C)[C@@H]([C@@H](CC(=O)N1CCC[C@H]1[C@H](OC)[C@@H](C)C(=O)N[C@@H](Cc1ccccc1)C(=O)NCc1ccc(NC(=O)[C@H](CCCNC(N)=O)NC(=O)C(NC(=O)COCCOCCOCC(=O)Nc2ccc3ncnc(Cl)c3c2)C(C)C)cc1)OC)N(C)C(=O)[C@@H](NC(=O)[C@H](C(C)C)N(C)C)C(C)C. The summed E-state index contributed by atoms with van der Waals surface area (Å²) in [5, 5.41) is 23.3. The van der Waals surface area contributed by atoms with Crippen molar-refractivity contribution >= 4 is 93.1 Å². The van der Waals surface area contributed by atoms with E-state index in [1.807, 2.05) is 90.9 Å². The second-order valence-corrected chi connectivity index (χ2v) is 27.9. The van der Waals surface area contributed by atoms with Gasteiger partial charge in [-0.3, -0.25) is 48.1 Å². The molecule has 0 spiro atoms. The minimum Gasteiger partial charge on any atom is -0.379 e. The molecular formula is C74H111ClN14O15. The van der Waals surface area contributed by atoms with Crippen LogP contribution in [0.2, 0.25) is 5.15 Å². The van der Waals surface area contributed by atoms with E-state index in [0.29, 0.717) is 53.6 Å². The number of likely N-dealkylation sites (tertiary alicyclic amines) is 1. The third-order valence-electron chi connectivity index (χ3n) is 18.5. The highest BCUT2D eigenvalue weighted by Crippen LogP contribution is 2.31. The summed E-state index contributed by atoms with van der Waals surface area (Å²) in [5.41, 5.74) is 8.21. The second-order valence-electron chi connectivity index (χ2n) is 27.6. The molecule has 1 aliphatic rings. The number of carbonyl (C=O) groups is 10. The number of carbonyl (C=O) groups excluding carboxylic acids is 10. The van der Waals surface area contributed by atoms with Crippen molar-refractivity contribution in [3.63, 3.8) is 0 Å². The zero-order chi connectivity index (χ0) is 76.7. The van der Waals surface area contributed by atoms with Crippen LogP contribution < -0.4 is 48.3 Å². The van der Waals surface area contributed by atoms with Crippen LogP contribution in [-0.4, -0.2) is 226 Å². The molecule has 104 heavy (non-hydrogen) atoms. The van der Waals surface area contributed by atoms with Crippen LogP contribution in [0.4, 0.5) is 16.2 Å². The first-order valence-corrected chi connectivity index (χ1v) is 36.0. The number of rotatable bonds is 44. The molecule has 0 aliphatic carbocycles. The van der Waals surface area contributed by atoms with E-state index in [2.05, 4.69) is 52.5 Å². The summed E-state index contributed by atoms with van der Waals surface area (Å²) in [6, 6.07) is 14.6. The van der Waals surface area contributed by atoms with Crippen molar-refractivity contribution in [2.45, 2.75) is 168 Å². The van der Waals surface area contributed by atoms with Gasteiger partial charge in [-0.15, -0.1) is 0 Å². The van der Waals surface area contributed by atoms with Gasteiger partial charge in [0.15, 0.2) is 0 Å². The summed E-state index contributed by atoms with van der Waals surface area (Å²) < 4.78 is 28.6. The summed E-state index contributed by atoms with van der Waals surface area (Å²) in [6.07, 6.45) is 2.10. The number of nitrogens with zero attached hydrogens (tertiary/aromatic N) is 5. The lowest BCUT2D eigenvalue weighted by molar-refractivity contribution is -0.148. The number of hydrogen-bond acceptors (Lipinski definition) is 18. The monoisotopic (exact) mass is 1470 g/mol. The van der Waals surface area contributed by atoms with Gasteiger partial charge < -0.3 is 81.8 Å². The highest BCUT2D eigenvalue weighted by Gasteiger charge is 2.44. The van der Waals surface area contributed by atoms with Gasteiger partial charge in [-0.25, -0.2) is 14.8 Å². The number of nitrogens with one attached hydrogen (secondary N) is 8. The van der Waals surface area contributed by atoms with E-state index < -0.39 is 109 Å². The number of nitrogens with two attached hydrogens (primary N) is 1. The fourth-order valence-corrected chi connectivity index (χ4v) is 13.0. The lowest BCUT2D eigenvalue weighted by Crippen LogP contribution is -2.59. The number of ether oxygens (including phenoxy) is 5. The summed E-state index contributed by atoms with van der Waals surface area (Å²) in [7, 11) is 8.39. The molecule has 1 unspecified atom stereocenters. The van der Waals surface area contributed by atoms with Crippen molar-refractivity contribution < 1.29 is 71.6 Å². The second kappa shape index (κ2) is 43.7. The fourth-order valence-electron chi connectivity index (χ4n) is 12.8. The van der Waals surface area contributed by atoms with Gasteiger partial charge in [-0.05, 0) is 105 Å². The lowest BCUT2D eigenvalue weighted by atomic mass is 9.89. The first-order valence-electron chi connectivity index (χ1n) is 35.7. The zero-order valence-electron chi connectivity index (χ0n) is 62.7. The Morgan fingerprint density at radius 1 is 0.654 bits per heavy atom. The maximum Gasteiger partial charge on any atom is 0.312 e. The molecule has 1 aliphatic heterocycles. The van der Waals surface area contributed by atoms with Crippen LogP contribution in [0.5, 0.6) is 0 Å². The summed E-state index contributed by atoms with van der Waals surface area (Å²) in [4.78, 5) is 150. The van der Waals surface area contributed by atoms with E-state index in [0.717, 1.165) is 5.56 Å². The van der Waals surface area contributed by atoms with E-state index in [1.54, 1.807) is 80.1 Å². The molecule has 11 amide bonds. The number of aromatic nitrogens is 2. The third kappa shape index (κ3) is 26.9.